The number of fused-ring (bicyclic) bond motifs is 1. The first-order valence-electron chi connectivity index (χ1n) is 8.94. The highest BCUT2D eigenvalue weighted by molar-refractivity contribution is 7.21. The van der Waals surface area contributed by atoms with Crippen molar-refractivity contribution in [2.45, 2.75) is 6.54 Å². The molecule has 2 aromatic heterocycles. The minimum Gasteiger partial charge on any atom is -0.457 e. The van der Waals surface area contributed by atoms with E-state index in [0.717, 1.165) is 27.4 Å². The number of carbonyl (C=O) groups excluding carboxylic acids is 2. The van der Waals surface area contributed by atoms with Gasteiger partial charge in [0.2, 0.25) is 5.91 Å². The van der Waals surface area contributed by atoms with Crippen molar-refractivity contribution < 1.29 is 22.8 Å². The Kier molecular flexibility index (Phi) is 5.53. The molecular weight excluding hydrogens is 412 g/mol. The van der Waals surface area contributed by atoms with Crippen molar-refractivity contribution in [1.29, 1.82) is 0 Å². The standard InChI is InChI=1S/C21H15F2N3O3S/c22-12-5-7-14(15(23)9-12)20(28)25-11-19(27)24-10-13-6-8-17(29-13)21-26-16-3-1-2-4-18(16)30-21/h1-9H,10-11H2,(H,24,27)(H,25,28). The van der Waals surface area contributed by atoms with E-state index in [1.54, 1.807) is 12.1 Å². The second kappa shape index (κ2) is 8.42. The molecule has 2 aromatic carbocycles. The zero-order chi connectivity index (χ0) is 21.1. The predicted octanol–water partition coefficient (Wildman–Crippen LogP) is 3.88. The topological polar surface area (TPSA) is 84.2 Å². The molecule has 2 heterocycles. The number of hydrogen-bond acceptors (Lipinski definition) is 5. The molecule has 0 aliphatic heterocycles. The van der Waals surface area contributed by atoms with Crippen LogP contribution in [0.3, 0.4) is 0 Å². The van der Waals surface area contributed by atoms with Crippen LogP contribution in [-0.4, -0.2) is 23.3 Å². The third kappa shape index (κ3) is 4.36. The summed E-state index contributed by atoms with van der Waals surface area (Å²) < 4.78 is 33.3. The summed E-state index contributed by atoms with van der Waals surface area (Å²) in [6.45, 7) is -0.244. The van der Waals surface area contributed by atoms with Crippen LogP contribution in [0.2, 0.25) is 0 Å². The summed E-state index contributed by atoms with van der Waals surface area (Å²) in [5, 5.41) is 5.63. The number of benzene rings is 2. The van der Waals surface area contributed by atoms with E-state index in [4.69, 9.17) is 4.42 Å². The number of amides is 2. The molecule has 0 radical (unpaired) electrons. The van der Waals surface area contributed by atoms with E-state index in [0.29, 0.717) is 17.6 Å². The highest BCUT2D eigenvalue weighted by Crippen LogP contribution is 2.31. The largest absolute Gasteiger partial charge is 0.457 e. The fourth-order valence-electron chi connectivity index (χ4n) is 2.74. The van der Waals surface area contributed by atoms with E-state index in [-0.39, 0.29) is 18.7 Å². The third-order valence-electron chi connectivity index (χ3n) is 4.21. The molecule has 4 aromatic rings. The Hall–Kier alpha value is -3.59. The summed E-state index contributed by atoms with van der Waals surface area (Å²) in [4.78, 5) is 28.4. The number of para-hydroxylation sites is 1. The van der Waals surface area contributed by atoms with Crippen LogP contribution in [-0.2, 0) is 11.3 Å². The Morgan fingerprint density at radius 3 is 2.67 bits per heavy atom. The number of aromatic nitrogens is 1. The Labute approximate surface area is 173 Å². The number of halogens is 2. The van der Waals surface area contributed by atoms with Crippen molar-refractivity contribution >= 4 is 33.4 Å². The van der Waals surface area contributed by atoms with Gasteiger partial charge in [0.05, 0.1) is 28.9 Å². The Morgan fingerprint density at radius 1 is 1.03 bits per heavy atom. The van der Waals surface area contributed by atoms with Crippen LogP contribution >= 0.6 is 11.3 Å². The molecule has 0 bridgehead atoms. The molecule has 0 unspecified atom stereocenters. The molecule has 0 saturated heterocycles. The second-order valence-corrected chi connectivity index (χ2v) is 7.37. The number of nitrogens with one attached hydrogen (secondary N) is 2. The molecule has 6 nitrogen and oxygen atoms in total. The normalized spacial score (nSPS) is 10.9. The van der Waals surface area contributed by atoms with E-state index >= 15 is 0 Å². The molecule has 4 rings (SSSR count). The van der Waals surface area contributed by atoms with Gasteiger partial charge in [-0.15, -0.1) is 11.3 Å². The van der Waals surface area contributed by atoms with Gasteiger partial charge in [-0.25, -0.2) is 13.8 Å². The van der Waals surface area contributed by atoms with Crippen LogP contribution in [0.1, 0.15) is 16.1 Å². The summed E-state index contributed by atoms with van der Waals surface area (Å²) >= 11 is 1.51. The zero-order valence-electron chi connectivity index (χ0n) is 15.4. The van der Waals surface area contributed by atoms with E-state index in [9.17, 15) is 18.4 Å². The van der Waals surface area contributed by atoms with Gasteiger partial charge in [-0.05, 0) is 36.4 Å². The molecule has 0 saturated carbocycles. The summed E-state index contributed by atoms with van der Waals surface area (Å²) in [7, 11) is 0. The van der Waals surface area contributed by atoms with Gasteiger partial charge in [-0.1, -0.05) is 12.1 Å². The number of rotatable bonds is 6. The lowest BCUT2D eigenvalue weighted by Crippen LogP contribution is -2.36. The maximum absolute atomic E-state index is 13.6. The van der Waals surface area contributed by atoms with Gasteiger partial charge < -0.3 is 15.1 Å². The fourth-order valence-corrected chi connectivity index (χ4v) is 3.67. The minimum absolute atomic E-state index is 0.116. The Morgan fingerprint density at radius 2 is 1.87 bits per heavy atom. The van der Waals surface area contributed by atoms with Gasteiger partial charge in [-0.3, -0.25) is 9.59 Å². The lowest BCUT2D eigenvalue weighted by atomic mass is 10.2. The van der Waals surface area contributed by atoms with Crippen molar-refractivity contribution in [3.63, 3.8) is 0 Å². The summed E-state index contributed by atoms with van der Waals surface area (Å²) in [6.07, 6.45) is 0. The van der Waals surface area contributed by atoms with Crippen molar-refractivity contribution in [2.75, 3.05) is 6.54 Å². The van der Waals surface area contributed by atoms with Gasteiger partial charge in [-0.2, -0.15) is 0 Å². The van der Waals surface area contributed by atoms with Gasteiger partial charge in [0, 0.05) is 6.07 Å². The van der Waals surface area contributed by atoms with E-state index in [2.05, 4.69) is 15.6 Å². The van der Waals surface area contributed by atoms with Crippen LogP contribution in [0.25, 0.3) is 21.0 Å². The van der Waals surface area contributed by atoms with Crippen molar-refractivity contribution in [2.24, 2.45) is 0 Å². The first kappa shape index (κ1) is 19.7. The first-order valence-corrected chi connectivity index (χ1v) is 9.76. The molecule has 0 atom stereocenters. The highest BCUT2D eigenvalue weighted by atomic mass is 32.1. The highest BCUT2D eigenvalue weighted by Gasteiger charge is 2.14. The van der Waals surface area contributed by atoms with Crippen molar-refractivity contribution in [3.05, 3.63) is 77.6 Å². The molecule has 0 fully saturated rings. The smallest absolute Gasteiger partial charge is 0.254 e. The molecule has 9 heteroatoms. The molecule has 2 amide bonds. The van der Waals surface area contributed by atoms with E-state index in [1.807, 2.05) is 24.3 Å². The average Bonchev–Trinajstić information content (AvgIpc) is 3.37. The SMILES string of the molecule is O=C(CNC(=O)c1ccc(F)cc1F)NCc1ccc(-c2nc3ccccc3s2)o1. The maximum Gasteiger partial charge on any atom is 0.254 e. The molecule has 0 aliphatic carbocycles. The number of hydrogen-bond donors (Lipinski definition) is 2. The Bertz CT molecular complexity index is 1200. The van der Waals surface area contributed by atoms with Crippen LogP contribution < -0.4 is 10.6 Å². The van der Waals surface area contributed by atoms with Gasteiger partial charge >= 0.3 is 0 Å². The molecular formula is C21H15F2N3O3S. The van der Waals surface area contributed by atoms with E-state index in [1.165, 1.54) is 11.3 Å². The quantitative estimate of drug-likeness (QED) is 0.489. The molecule has 2 N–H and O–H groups in total. The second-order valence-electron chi connectivity index (χ2n) is 6.34. The number of carbonyl (C=O) groups is 2. The summed E-state index contributed by atoms with van der Waals surface area (Å²) in [6, 6.07) is 13.9. The first-order chi connectivity index (χ1) is 14.5. The van der Waals surface area contributed by atoms with Crippen LogP contribution in [0.15, 0.2) is 59.0 Å². The van der Waals surface area contributed by atoms with Crippen LogP contribution in [0, 0.1) is 11.6 Å². The predicted molar refractivity (Wildman–Crippen MR) is 108 cm³/mol. The molecule has 152 valence electrons. The third-order valence-corrected chi connectivity index (χ3v) is 5.26. The van der Waals surface area contributed by atoms with Gasteiger partial charge in [0.25, 0.3) is 5.91 Å². The molecule has 30 heavy (non-hydrogen) atoms. The van der Waals surface area contributed by atoms with Crippen molar-refractivity contribution in [3.8, 4) is 10.8 Å². The number of thiazole rings is 1. The summed E-state index contributed by atoms with van der Waals surface area (Å²) in [5.41, 5.74) is 0.549. The van der Waals surface area contributed by atoms with Gasteiger partial charge in [0.1, 0.15) is 17.4 Å². The van der Waals surface area contributed by atoms with Crippen molar-refractivity contribution in [1.82, 2.24) is 15.6 Å². The summed E-state index contributed by atoms with van der Waals surface area (Å²) in [5.74, 6) is -1.95. The lowest BCUT2D eigenvalue weighted by molar-refractivity contribution is -0.120. The van der Waals surface area contributed by atoms with Crippen LogP contribution in [0.4, 0.5) is 8.78 Å². The maximum atomic E-state index is 13.6. The average molecular weight is 427 g/mol. The number of nitrogens with zero attached hydrogens (tertiary/aromatic N) is 1. The monoisotopic (exact) mass is 427 g/mol. The lowest BCUT2D eigenvalue weighted by Gasteiger charge is -2.07. The fraction of sp³-hybridized carbons (Fsp3) is 0.0952. The zero-order valence-corrected chi connectivity index (χ0v) is 16.3. The Balaban J connectivity index is 1.30. The molecule has 0 aliphatic rings. The van der Waals surface area contributed by atoms with E-state index < -0.39 is 23.4 Å². The molecule has 0 spiro atoms. The number of furan rings is 1. The minimum atomic E-state index is -0.995. The van der Waals surface area contributed by atoms with Gasteiger partial charge in [0.15, 0.2) is 10.8 Å². The van der Waals surface area contributed by atoms with Crippen LogP contribution in [0.5, 0.6) is 0 Å².